The van der Waals surface area contributed by atoms with Gasteiger partial charge < -0.3 is 10.2 Å². The van der Waals surface area contributed by atoms with Gasteiger partial charge in [-0.25, -0.2) is 0 Å². The summed E-state index contributed by atoms with van der Waals surface area (Å²) >= 11 is 0. The first kappa shape index (κ1) is 11.9. The summed E-state index contributed by atoms with van der Waals surface area (Å²) in [6.45, 7) is 5.04. The first-order valence-corrected chi connectivity index (χ1v) is 4.84. The maximum atomic E-state index is 8.66. The molecular formula is C10H22O2. The fourth-order valence-electron chi connectivity index (χ4n) is 1.40. The van der Waals surface area contributed by atoms with Gasteiger partial charge in [0.05, 0.1) is 0 Å². The molecule has 0 bridgehead atoms. The molecule has 0 aliphatic rings. The molecule has 0 amide bonds. The van der Waals surface area contributed by atoms with Crippen molar-refractivity contribution in [3.63, 3.8) is 0 Å². The van der Waals surface area contributed by atoms with Crippen molar-refractivity contribution >= 4 is 0 Å². The van der Waals surface area contributed by atoms with Crippen molar-refractivity contribution in [2.24, 2.45) is 5.41 Å². The van der Waals surface area contributed by atoms with Crippen LogP contribution in [0, 0.1) is 5.41 Å². The fourth-order valence-corrected chi connectivity index (χ4v) is 1.40. The number of unbranched alkanes of at least 4 members (excludes halogenated alkanes) is 1. The molecule has 74 valence electrons. The SMILES string of the molecule is CC(C)(CCCO)CCCCO. The molecule has 0 aromatic heterocycles. The van der Waals surface area contributed by atoms with Crippen LogP contribution in [-0.4, -0.2) is 23.4 Å². The molecule has 2 heteroatoms. The molecule has 0 heterocycles. The lowest BCUT2D eigenvalue weighted by molar-refractivity contribution is 0.219. The quantitative estimate of drug-likeness (QED) is 0.579. The van der Waals surface area contributed by atoms with Crippen molar-refractivity contribution < 1.29 is 10.2 Å². The maximum absolute atomic E-state index is 8.66. The Morgan fingerprint density at radius 3 is 1.83 bits per heavy atom. The average Bonchev–Trinajstić information content (AvgIpc) is 2.01. The molecule has 0 saturated heterocycles. The third kappa shape index (κ3) is 6.62. The van der Waals surface area contributed by atoms with Gasteiger partial charge in [0.2, 0.25) is 0 Å². The van der Waals surface area contributed by atoms with Crippen LogP contribution < -0.4 is 0 Å². The van der Waals surface area contributed by atoms with E-state index in [2.05, 4.69) is 13.8 Å². The van der Waals surface area contributed by atoms with E-state index < -0.39 is 0 Å². The highest BCUT2D eigenvalue weighted by molar-refractivity contribution is 4.68. The van der Waals surface area contributed by atoms with Gasteiger partial charge in [-0.15, -0.1) is 0 Å². The number of aliphatic hydroxyl groups is 2. The van der Waals surface area contributed by atoms with E-state index in [1.807, 2.05) is 0 Å². The van der Waals surface area contributed by atoms with Crippen LogP contribution in [0.25, 0.3) is 0 Å². The van der Waals surface area contributed by atoms with E-state index in [-0.39, 0.29) is 0 Å². The number of hydrogen-bond acceptors (Lipinski definition) is 2. The Kier molecular flexibility index (Phi) is 6.39. The van der Waals surface area contributed by atoms with Crippen molar-refractivity contribution in [1.29, 1.82) is 0 Å². The topological polar surface area (TPSA) is 40.5 Å². The Hall–Kier alpha value is -0.0800. The summed E-state index contributed by atoms with van der Waals surface area (Å²) in [6, 6.07) is 0. The number of hydrogen-bond donors (Lipinski definition) is 2. The summed E-state index contributed by atoms with van der Waals surface area (Å²) in [5.74, 6) is 0. The van der Waals surface area contributed by atoms with E-state index in [1.54, 1.807) is 0 Å². The molecule has 0 rings (SSSR count). The third-order valence-corrected chi connectivity index (χ3v) is 2.27. The van der Waals surface area contributed by atoms with Gasteiger partial charge >= 0.3 is 0 Å². The lowest BCUT2D eigenvalue weighted by Crippen LogP contribution is -2.12. The molecule has 2 nitrogen and oxygen atoms in total. The molecule has 0 aromatic carbocycles. The summed E-state index contributed by atoms with van der Waals surface area (Å²) in [5, 5.41) is 17.3. The molecule has 0 saturated carbocycles. The average molecular weight is 174 g/mol. The highest BCUT2D eigenvalue weighted by Crippen LogP contribution is 2.28. The van der Waals surface area contributed by atoms with Gasteiger partial charge in [0.15, 0.2) is 0 Å². The van der Waals surface area contributed by atoms with Gasteiger partial charge in [0, 0.05) is 13.2 Å². The van der Waals surface area contributed by atoms with Crippen LogP contribution in [-0.2, 0) is 0 Å². The Bertz CT molecular complexity index is 100. The van der Waals surface area contributed by atoms with Crippen molar-refractivity contribution in [3.8, 4) is 0 Å². The fraction of sp³-hybridized carbons (Fsp3) is 1.00. The zero-order chi connectivity index (χ0) is 9.45. The molecule has 0 unspecified atom stereocenters. The van der Waals surface area contributed by atoms with Crippen molar-refractivity contribution in [2.75, 3.05) is 13.2 Å². The number of aliphatic hydroxyl groups excluding tert-OH is 2. The van der Waals surface area contributed by atoms with Crippen LogP contribution in [0.4, 0.5) is 0 Å². The maximum Gasteiger partial charge on any atom is 0.0431 e. The molecular weight excluding hydrogens is 152 g/mol. The van der Waals surface area contributed by atoms with Crippen LogP contribution in [0.15, 0.2) is 0 Å². The predicted molar refractivity (Wildman–Crippen MR) is 51.0 cm³/mol. The van der Waals surface area contributed by atoms with Crippen LogP contribution in [0.2, 0.25) is 0 Å². The summed E-state index contributed by atoms with van der Waals surface area (Å²) in [7, 11) is 0. The van der Waals surface area contributed by atoms with Crippen LogP contribution >= 0.6 is 0 Å². The molecule has 12 heavy (non-hydrogen) atoms. The van der Waals surface area contributed by atoms with Crippen molar-refractivity contribution in [3.05, 3.63) is 0 Å². The van der Waals surface area contributed by atoms with E-state index in [0.29, 0.717) is 18.6 Å². The van der Waals surface area contributed by atoms with Crippen LogP contribution in [0.3, 0.4) is 0 Å². The van der Waals surface area contributed by atoms with Crippen LogP contribution in [0.5, 0.6) is 0 Å². The lowest BCUT2D eigenvalue weighted by Gasteiger charge is -2.23. The molecule has 0 aliphatic heterocycles. The van der Waals surface area contributed by atoms with Gasteiger partial charge in [-0.3, -0.25) is 0 Å². The minimum absolute atomic E-state index is 0.295. The van der Waals surface area contributed by atoms with E-state index in [0.717, 1.165) is 32.1 Å². The Morgan fingerprint density at radius 1 is 0.833 bits per heavy atom. The minimum Gasteiger partial charge on any atom is -0.396 e. The molecule has 2 N–H and O–H groups in total. The first-order valence-electron chi connectivity index (χ1n) is 4.84. The minimum atomic E-state index is 0.295. The second-order valence-electron chi connectivity index (χ2n) is 4.17. The summed E-state index contributed by atoms with van der Waals surface area (Å²) < 4.78 is 0. The first-order chi connectivity index (χ1) is 5.62. The Morgan fingerprint density at radius 2 is 1.33 bits per heavy atom. The highest BCUT2D eigenvalue weighted by atomic mass is 16.3. The normalized spacial score (nSPS) is 12.0. The second kappa shape index (κ2) is 6.44. The monoisotopic (exact) mass is 174 g/mol. The second-order valence-corrected chi connectivity index (χ2v) is 4.17. The van der Waals surface area contributed by atoms with Crippen molar-refractivity contribution in [2.45, 2.75) is 46.0 Å². The summed E-state index contributed by atoms with van der Waals surface area (Å²) in [5.41, 5.74) is 0.331. The Labute approximate surface area is 75.6 Å². The standard InChI is InChI=1S/C10H22O2/c1-10(2,7-5-9-12)6-3-4-8-11/h11-12H,3-9H2,1-2H3. The van der Waals surface area contributed by atoms with Gasteiger partial charge in [-0.05, 0) is 31.1 Å². The molecule has 0 atom stereocenters. The van der Waals surface area contributed by atoms with E-state index in [1.165, 1.54) is 0 Å². The zero-order valence-corrected chi connectivity index (χ0v) is 8.34. The molecule has 0 aromatic rings. The third-order valence-electron chi connectivity index (χ3n) is 2.27. The Balaban J connectivity index is 3.42. The molecule has 0 fully saturated rings. The van der Waals surface area contributed by atoms with Gasteiger partial charge in [-0.2, -0.15) is 0 Å². The van der Waals surface area contributed by atoms with E-state index in [9.17, 15) is 0 Å². The molecule has 0 aliphatic carbocycles. The van der Waals surface area contributed by atoms with E-state index >= 15 is 0 Å². The smallest absolute Gasteiger partial charge is 0.0431 e. The predicted octanol–water partition coefficient (Wildman–Crippen LogP) is 1.95. The summed E-state index contributed by atoms with van der Waals surface area (Å²) in [6.07, 6.45) is 5.12. The molecule has 0 spiro atoms. The van der Waals surface area contributed by atoms with Crippen molar-refractivity contribution in [1.82, 2.24) is 0 Å². The summed E-state index contributed by atoms with van der Waals surface area (Å²) in [4.78, 5) is 0. The highest BCUT2D eigenvalue weighted by Gasteiger charge is 2.15. The zero-order valence-electron chi connectivity index (χ0n) is 8.34. The molecule has 0 radical (unpaired) electrons. The number of rotatable bonds is 7. The van der Waals surface area contributed by atoms with Gasteiger partial charge in [0.1, 0.15) is 0 Å². The lowest BCUT2D eigenvalue weighted by atomic mass is 9.83. The largest absolute Gasteiger partial charge is 0.396 e. The van der Waals surface area contributed by atoms with Crippen LogP contribution in [0.1, 0.15) is 46.0 Å². The van der Waals surface area contributed by atoms with Gasteiger partial charge in [-0.1, -0.05) is 20.3 Å². The van der Waals surface area contributed by atoms with E-state index in [4.69, 9.17) is 10.2 Å². The van der Waals surface area contributed by atoms with Gasteiger partial charge in [0.25, 0.3) is 0 Å².